The van der Waals surface area contributed by atoms with Crippen LogP contribution in [0.5, 0.6) is 0 Å². The molecule has 0 aromatic carbocycles. The largest absolute Gasteiger partial charge is 0.386 e. The van der Waals surface area contributed by atoms with Crippen molar-refractivity contribution in [3.8, 4) is 0 Å². The Bertz CT molecular complexity index is 371. The Morgan fingerprint density at radius 1 is 0.710 bits per heavy atom. The highest BCUT2D eigenvalue weighted by Gasteiger charge is 2.03. The van der Waals surface area contributed by atoms with Crippen LogP contribution < -0.4 is 0 Å². The topological polar surface area (TPSA) is 55.8 Å². The molecule has 0 aromatic heterocycles. The Labute approximate surface area is 227 Å². The molecule has 0 aromatic rings. The molecule has 0 saturated heterocycles. The van der Waals surface area contributed by atoms with Crippen molar-refractivity contribution >= 4 is 111 Å². The van der Waals surface area contributed by atoms with E-state index in [2.05, 4.69) is 6.92 Å². The van der Waals surface area contributed by atoms with E-state index >= 15 is 0 Å². The first kappa shape index (κ1) is 33.7. The number of hydrogen-bond donors (Lipinski definition) is 1. The fourth-order valence-corrected chi connectivity index (χ4v) is 10.7. The summed E-state index contributed by atoms with van der Waals surface area (Å²) >= 11 is 16.3. The molecule has 0 aliphatic rings. The van der Waals surface area contributed by atoms with E-state index in [0.717, 1.165) is 56.2 Å². The first-order valence-electron chi connectivity index (χ1n) is 9.94. The predicted molar refractivity (Wildman–Crippen MR) is 161 cm³/mol. The molecular formula is C18H36O4S9. The van der Waals surface area contributed by atoms with E-state index in [0.29, 0.717) is 24.1 Å². The van der Waals surface area contributed by atoms with Gasteiger partial charge in [-0.05, 0) is 17.9 Å². The van der Waals surface area contributed by atoms with Gasteiger partial charge in [0.05, 0.1) is 12.5 Å². The van der Waals surface area contributed by atoms with Crippen LogP contribution in [0.2, 0.25) is 0 Å². The summed E-state index contributed by atoms with van der Waals surface area (Å²) in [5.74, 6) is 7.84. The standard InChI is InChI=1S/C18H36O4S9/c1-2-23-14-29-17-28-10-11-31-18(20)4-7-27-16-30-15-26-6-3-5-21-22-13-25-9-8-24-12-19/h19H,2-17H2,1H3. The second-order valence-corrected chi connectivity index (χ2v) is 16.7. The van der Waals surface area contributed by atoms with Gasteiger partial charge in [-0.15, -0.1) is 47.0 Å². The number of thioether (sulfide) groups is 9. The Morgan fingerprint density at radius 3 is 2.10 bits per heavy atom. The van der Waals surface area contributed by atoms with Crippen molar-refractivity contribution in [3.05, 3.63) is 0 Å². The fourth-order valence-electron chi connectivity index (χ4n) is 1.59. The zero-order valence-corrected chi connectivity index (χ0v) is 25.5. The van der Waals surface area contributed by atoms with Gasteiger partial charge in [0.1, 0.15) is 5.94 Å². The van der Waals surface area contributed by atoms with Crippen LogP contribution in [0.3, 0.4) is 0 Å². The van der Waals surface area contributed by atoms with Crippen LogP contribution in [-0.4, -0.2) is 89.3 Å². The van der Waals surface area contributed by atoms with E-state index in [1.165, 1.54) is 34.4 Å². The number of carbonyl (C=O) groups excluding carboxylic acids is 1. The van der Waals surface area contributed by atoms with Crippen molar-refractivity contribution in [3.63, 3.8) is 0 Å². The molecule has 0 rings (SSSR count). The minimum atomic E-state index is 0.184. The van der Waals surface area contributed by atoms with Gasteiger partial charge >= 0.3 is 0 Å². The molecule has 0 heterocycles. The highest BCUT2D eigenvalue weighted by Crippen LogP contribution is 2.21. The number of aliphatic hydroxyl groups excluding tert-OH is 1. The third-order valence-electron chi connectivity index (χ3n) is 3.01. The van der Waals surface area contributed by atoms with E-state index in [4.69, 9.17) is 14.9 Å². The van der Waals surface area contributed by atoms with E-state index in [1.54, 1.807) is 11.8 Å². The molecule has 0 fully saturated rings. The lowest BCUT2D eigenvalue weighted by atomic mass is 10.5. The van der Waals surface area contributed by atoms with Crippen LogP contribution in [0, 0.1) is 0 Å². The van der Waals surface area contributed by atoms with Gasteiger partial charge in [-0.1, -0.05) is 18.7 Å². The van der Waals surface area contributed by atoms with Crippen molar-refractivity contribution in [1.82, 2.24) is 0 Å². The molecule has 0 unspecified atom stereocenters. The van der Waals surface area contributed by atoms with Gasteiger partial charge in [0.15, 0.2) is 5.12 Å². The van der Waals surface area contributed by atoms with E-state index < -0.39 is 0 Å². The maximum absolute atomic E-state index is 11.9. The van der Waals surface area contributed by atoms with Crippen molar-refractivity contribution in [2.24, 2.45) is 0 Å². The Balaban J connectivity index is 3.11. The Hall–Kier alpha value is 2.70. The Kier molecular flexibility index (Phi) is 33.4. The lowest BCUT2D eigenvalue weighted by Crippen LogP contribution is -1.99. The van der Waals surface area contributed by atoms with E-state index in [9.17, 15) is 4.79 Å². The quantitative estimate of drug-likeness (QED) is 0.0500. The van der Waals surface area contributed by atoms with Crippen LogP contribution in [0.4, 0.5) is 0 Å². The molecule has 13 heteroatoms. The summed E-state index contributed by atoms with van der Waals surface area (Å²) in [6, 6.07) is 0. The van der Waals surface area contributed by atoms with Gasteiger partial charge < -0.3 is 5.11 Å². The molecule has 31 heavy (non-hydrogen) atoms. The molecular weight excluding hydrogens is 569 g/mol. The Morgan fingerprint density at radius 2 is 1.35 bits per heavy atom. The smallest absolute Gasteiger partial charge is 0.189 e. The minimum absolute atomic E-state index is 0.184. The van der Waals surface area contributed by atoms with Crippen LogP contribution in [0.25, 0.3) is 0 Å². The van der Waals surface area contributed by atoms with E-state index in [1.807, 2.05) is 70.6 Å². The summed E-state index contributed by atoms with van der Waals surface area (Å²) in [4.78, 5) is 22.1. The summed E-state index contributed by atoms with van der Waals surface area (Å²) in [5.41, 5.74) is 0. The molecule has 186 valence electrons. The monoisotopic (exact) mass is 604 g/mol. The van der Waals surface area contributed by atoms with Crippen LogP contribution in [0.1, 0.15) is 19.8 Å². The van der Waals surface area contributed by atoms with Crippen LogP contribution in [0.15, 0.2) is 0 Å². The van der Waals surface area contributed by atoms with Crippen molar-refractivity contribution in [1.29, 1.82) is 0 Å². The van der Waals surface area contributed by atoms with Gasteiger partial charge in [0.25, 0.3) is 0 Å². The van der Waals surface area contributed by atoms with Gasteiger partial charge in [0, 0.05) is 55.5 Å². The zero-order chi connectivity index (χ0) is 22.7. The molecule has 0 aliphatic carbocycles. The van der Waals surface area contributed by atoms with Gasteiger partial charge in [-0.25, -0.2) is 9.78 Å². The molecule has 1 N–H and O–H groups in total. The highest BCUT2D eigenvalue weighted by molar-refractivity contribution is 8.23. The molecule has 0 atom stereocenters. The van der Waals surface area contributed by atoms with Gasteiger partial charge in [-0.3, -0.25) is 4.79 Å². The van der Waals surface area contributed by atoms with Crippen LogP contribution >= 0.6 is 106 Å². The number of rotatable bonds is 26. The molecule has 0 aliphatic heterocycles. The third-order valence-corrected chi connectivity index (χ3v) is 13.2. The minimum Gasteiger partial charge on any atom is -0.386 e. The summed E-state index contributed by atoms with van der Waals surface area (Å²) < 4.78 is 0. The SMILES string of the molecule is CCSCSCSCCSC(=O)CCSCSCSCCCOOCSCCSCO. The second-order valence-electron chi connectivity index (χ2n) is 5.42. The fraction of sp³-hybridized carbons (Fsp3) is 0.944. The molecule has 0 amide bonds. The normalized spacial score (nSPS) is 11.3. The molecule has 0 bridgehead atoms. The molecule has 0 spiro atoms. The van der Waals surface area contributed by atoms with E-state index in [-0.39, 0.29) is 5.94 Å². The maximum Gasteiger partial charge on any atom is 0.189 e. The highest BCUT2D eigenvalue weighted by atomic mass is 32.2. The van der Waals surface area contributed by atoms with Crippen molar-refractivity contribution < 1.29 is 19.7 Å². The van der Waals surface area contributed by atoms with Crippen LogP contribution in [-0.2, 0) is 14.6 Å². The lowest BCUT2D eigenvalue weighted by molar-refractivity contribution is -0.278. The molecule has 0 saturated carbocycles. The van der Waals surface area contributed by atoms with Gasteiger partial charge in [-0.2, -0.15) is 47.0 Å². The number of aliphatic hydroxyl groups is 1. The summed E-state index contributed by atoms with van der Waals surface area (Å²) in [6.45, 7) is 2.82. The van der Waals surface area contributed by atoms with Crippen molar-refractivity contribution in [2.45, 2.75) is 19.8 Å². The maximum atomic E-state index is 11.9. The lowest BCUT2D eigenvalue weighted by Gasteiger charge is -2.05. The molecule has 4 nitrogen and oxygen atoms in total. The zero-order valence-electron chi connectivity index (χ0n) is 18.2. The number of carbonyl (C=O) groups is 1. The van der Waals surface area contributed by atoms with Gasteiger partial charge in [0.2, 0.25) is 0 Å². The summed E-state index contributed by atoms with van der Waals surface area (Å²) in [7, 11) is 0. The average molecular weight is 605 g/mol. The third kappa shape index (κ3) is 30.7. The summed E-state index contributed by atoms with van der Waals surface area (Å²) in [6.07, 6.45) is 1.68. The first-order valence-corrected chi connectivity index (χ1v) is 20.2. The second kappa shape index (κ2) is 30.7. The summed E-state index contributed by atoms with van der Waals surface area (Å²) in [5, 5.41) is 13.4. The van der Waals surface area contributed by atoms with Crippen molar-refractivity contribution in [2.75, 3.05) is 79.1 Å². The molecule has 0 radical (unpaired) electrons. The predicted octanol–water partition coefficient (Wildman–Crippen LogP) is 6.60. The average Bonchev–Trinajstić information content (AvgIpc) is 2.77. The number of hydrogen-bond acceptors (Lipinski definition) is 13. The first-order chi connectivity index (χ1) is 15.3.